The van der Waals surface area contributed by atoms with E-state index in [1.165, 1.54) is 0 Å². The molecule has 0 spiro atoms. The van der Waals surface area contributed by atoms with E-state index >= 15 is 0 Å². The Hall–Kier alpha value is -1.33. The van der Waals surface area contributed by atoms with E-state index in [1.807, 2.05) is 0 Å². The van der Waals surface area contributed by atoms with Gasteiger partial charge in [-0.2, -0.15) is 0 Å². The van der Waals surface area contributed by atoms with Gasteiger partial charge in [0.2, 0.25) is 0 Å². The molecule has 3 N–H and O–H groups in total. The zero-order valence-corrected chi connectivity index (χ0v) is 8.19. The highest BCUT2D eigenvalue weighted by atomic mass is 16.5. The van der Waals surface area contributed by atoms with Gasteiger partial charge in [-0.15, -0.1) is 0 Å². The molecule has 5 nitrogen and oxygen atoms in total. The maximum Gasteiger partial charge on any atom is 0.143 e. The molecule has 0 bridgehead atoms. The lowest BCUT2D eigenvalue weighted by Crippen LogP contribution is -2.08. The van der Waals surface area contributed by atoms with Crippen molar-refractivity contribution >= 4 is 5.82 Å². The molecule has 0 saturated heterocycles. The minimum Gasteiger partial charge on any atom is -0.493 e. The van der Waals surface area contributed by atoms with Gasteiger partial charge in [0.05, 0.1) is 6.61 Å². The number of pyridine rings is 1. The normalized spacial score (nSPS) is 9.86. The van der Waals surface area contributed by atoms with Crippen molar-refractivity contribution in [2.75, 3.05) is 25.7 Å². The van der Waals surface area contributed by atoms with Crippen molar-refractivity contribution in [2.45, 2.75) is 6.42 Å². The number of ether oxygens (including phenoxy) is 2. The average molecular weight is 197 g/mol. The smallest absolute Gasteiger partial charge is 0.143 e. The monoisotopic (exact) mass is 197 g/mol. The number of hydrazine groups is 1. The zero-order valence-electron chi connectivity index (χ0n) is 8.19. The summed E-state index contributed by atoms with van der Waals surface area (Å²) in [6.07, 6.45) is 2.51. The van der Waals surface area contributed by atoms with E-state index in [1.54, 1.807) is 25.4 Å². The topological polar surface area (TPSA) is 69.4 Å². The molecule has 78 valence electrons. The summed E-state index contributed by atoms with van der Waals surface area (Å²) in [5.74, 6) is 6.55. The SMILES string of the molecule is COCCCOc1ccnc(NN)c1. The van der Waals surface area contributed by atoms with Gasteiger partial charge in [-0.05, 0) is 6.07 Å². The molecule has 0 saturated carbocycles. The Morgan fingerprint density at radius 1 is 1.50 bits per heavy atom. The molecule has 0 aromatic carbocycles. The average Bonchev–Trinajstić information content (AvgIpc) is 2.25. The van der Waals surface area contributed by atoms with Crippen LogP contribution in [0.5, 0.6) is 5.75 Å². The molecule has 1 aromatic rings. The van der Waals surface area contributed by atoms with Crippen molar-refractivity contribution in [3.05, 3.63) is 18.3 Å². The largest absolute Gasteiger partial charge is 0.493 e. The van der Waals surface area contributed by atoms with Gasteiger partial charge in [0.25, 0.3) is 0 Å². The van der Waals surface area contributed by atoms with Crippen LogP contribution in [-0.4, -0.2) is 25.3 Å². The summed E-state index contributed by atoms with van der Waals surface area (Å²) in [4.78, 5) is 3.96. The molecular formula is C9H15N3O2. The van der Waals surface area contributed by atoms with Crippen LogP contribution in [0.1, 0.15) is 6.42 Å². The highest BCUT2D eigenvalue weighted by Crippen LogP contribution is 2.13. The first-order chi connectivity index (χ1) is 6.86. The Morgan fingerprint density at radius 3 is 3.07 bits per heavy atom. The fourth-order valence-corrected chi connectivity index (χ4v) is 0.973. The number of hydrogen-bond donors (Lipinski definition) is 2. The second kappa shape index (κ2) is 6.17. The van der Waals surface area contributed by atoms with Gasteiger partial charge >= 0.3 is 0 Å². The molecule has 14 heavy (non-hydrogen) atoms. The highest BCUT2D eigenvalue weighted by Gasteiger charge is 1.95. The second-order valence-electron chi connectivity index (χ2n) is 2.72. The van der Waals surface area contributed by atoms with Crippen molar-refractivity contribution in [2.24, 2.45) is 5.84 Å². The Balaban J connectivity index is 2.34. The van der Waals surface area contributed by atoms with Gasteiger partial charge in [0.15, 0.2) is 0 Å². The molecule has 1 rings (SSSR count). The first-order valence-electron chi connectivity index (χ1n) is 4.41. The number of methoxy groups -OCH3 is 1. The van der Waals surface area contributed by atoms with Crippen LogP contribution in [0.3, 0.4) is 0 Å². The van der Waals surface area contributed by atoms with E-state index in [4.69, 9.17) is 15.3 Å². The van der Waals surface area contributed by atoms with Gasteiger partial charge in [0.1, 0.15) is 11.6 Å². The fourth-order valence-electron chi connectivity index (χ4n) is 0.973. The molecule has 5 heteroatoms. The van der Waals surface area contributed by atoms with Crippen LogP contribution in [0.15, 0.2) is 18.3 Å². The van der Waals surface area contributed by atoms with Crippen LogP contribution < -0.4 is 16.0 Å². The molecule has 0 atom stereocenters. The molecule has 0 aliphatic rings. The second-order valence-corrected chi connectivity index (χ2v) is 2.72. The lowest BCUT2D eigenvalue weighted by Gasteiger charge is -2.06. The Labute approximate surface area is 83.2 Å². The first-order valence-corrected chi connectivity index (χ1v) is 4.41. The van der Waals surface area contributed by atoms with Crippen molar-refractivity contribution in [1.29, 1.82) is 0 Å². The number of nitrogens with zero attached hydrogens (tertiary/aromatic N) is 1. The van der Waals surface area contributed by atoms with Gasteiger partial charge in [-0.25, -0.2) is 10.8 Å². The predicted octanol–water partition coefficient (Wildman–Crippen LogP) is 0.782. The van der Waals surface area contributed by atoms with Crippen molar-refractivity contribution in [1.82, 2.24) is 4.98 Å². The first kappa shape index (κ1) is 10.7. The summed E-state index contributed by atoms with van der Waals surface area (Å²) < 4.78 is 10.3. The molecule has 1 heterocycles. The van der Waals surface area contributed by atoms with E-state index in [0.29, 0.717) is 19.0 Å². The standard InChI is InChI=1S/C9H15N3O2/c1-13-5-2-6-14-8-3-4-11-9(7-8)12-10/h3-4,7H,2,5-6,10H2,1H3,(H,11,12). The number of aromatic nitrogens is 1. The molecule has 0 radical (unpaired) electrons. The van der Waals surface area contributed by atoms with Crippen LogP contribution in [-0.2, 0) is 4.74 Å². The van der Waals surface area contributed by atoms with Crippen molar-refractivity contribution < 1.29 is 9.47 Å². The minimum absolute atomic E-state index is 0.592. The molecular weight excluding hydrogens is 182 g/mol. The van der Waals surface area contributed by atoms with Crippen LogP contribution in [0.2, 0.25) is 0 Å². The van der Waals surface area contributed by atoms with Gasteiger partial charge in [-0.3, -0.25) is 0 Å². The number of nitrogens with one attached hydrogen (secondary N) is 1. The Kier molecular flexibility index (Phi) is 4.74. The zero-order chi connectivity index (χ0) is 10.2. The third-order valence-corrected chi connectivity index (χ3v) is 1.64. The summed E-state index contributed by atoms with van der Waals surface area (Å²) in [6.45, 7) is 1.33. The third kappa shape index (κ3) is 3.59. The summed E-state index contributed by atoms with van der Waals surface area (Å²) in [6, 6.07) is 3.53. The van der Waals surface area contributed by atoms with E-state index < -0.39 is 0 Å². The lowest BCUT2D eigenvalue weighted by atomic mass is 10.4. The van der Waals surface area contributed by atoms with Crippen LogP contribution in [0.4, 0.5) is 5.82 Å². The van der Waals surface area contributed by atoms with E-state index in [0.717, 1.165) is 12.2 Å². The minimum atomic E-state index is 0.592. The molecule has 1 aromatic heterocycles. The molecule has 0 aliphatic heterocycles. The summed E-state index contributed by atoms with van der Waals surface area (Å²) in [5.41, 5.74) is 2.45. The van der Waals surface area contributed by atoms with Gasteiger partial charge in [0, 0.05) is 32.4 Å². The van der Waals surface area contributed by atoms with E-state index in [-0.39, 0.29) is 0 Å². The number of rotatable bonds is 6. The number of nitrogens with two attached hydrogens (primary N) is 1. The Morgan fingerprint density at radius 2 is 2.36 bits per heavy atom. The predicted molar refractivity (Wildman–Crippen MR) is 54.0 cm³/mol. The van der Waals surface area contributed by atoms with Crippen LogP contribution in [0.25, 0.3) is 0 Å². The number of hydrogen-bond acceptors (Lipinski definition) is 5. The van der Waals surface area contributed by atoms with Gasteiger partial charge < -0.3 is 14.9 Å². The molecule has 0 amide bonds. The Bertz CT molecular complexity index is 268. The lowest BCUT2D eigenvalue weighted by molar-refractivity contribution is 0.172. The number of anilines is 1. The maximum absolute atomic E-state index is 5.44. The van der Waals surface area contributed by atoms with Crippen molar-refractivity contribution in [3.63, 3.8) is 0 Å². The van der Waals surface area contributed by atoms with Gasteiger partial charge in [-0.1, -0.05) is 0 Å². The molecule has 0 fully saturated rings. The third-order valence-electron chi connectivity index (χ3n) is 1.64. The summed E-state index contributed by atoms with van der Waals surface area (Å²) in [7, 11) is 1.67. The van der Waals surface area contributed by atoms with Crippen molar-refractivity contribution in [3.8, 4) is 5.75 Å². The van der Waals surface area contributed by atoms with E-state index in [2.05, 4.69) is 10.4 Å². The number of nitrogen functional groups attached to an aromatic ring is 1. The highest BCUT2D eigenvalue weighted by molar-refractivity contribution is 5.39. The molecule has 0 aliphatic carbocycles. The quantitative estimate of drug-likeness (QED) is 0.400. The molecule has 0 unspecified atom stereocenters. The van der Waals surface area contributed by atoms with Crippen LogP contribution >= 0.6 is 0 Å². The summed E-state index contributed by atoms with van der Waals surface area (Å²) in [5, 5.41) is 0. The van der Waals surface area contributed by atoms with E-state index in [9.17, 15) is 0 Å². The fraction of sp³-hybridized carbons (Fsp3) is 0.444. The van der Waals surface area contributed by atoms with Crippen LogP contribution in [0, 0.1) is 0 Å². The summed E-state index contributed by atoms with van der Waals surface area (Å²) >= 11 is 0. The maximum atomic E-state index is 5.44.